The van der Waals surface area contributed by atoms with Crippen molar-refractivity contribution in [3.8, 4) is 0 Å². The molecule has 3 atom stereocenters. The number of rotatable bonds is 2. The van der Waals surface area contributed by atoms with Crippen LogP contribution in [-0.4, -0.2) is 37.2 Å². The number of hydrogen-bond acceptors (Lipinski definition) is 7. The Hall–Kier alpha value is -1.16. The molecule has 1 saturated heterocycles. The monoisotopic (exact) mass is 263 g/mol. The molecule has 0 spiro atoms. The van der Waals surface area contributed by atoms with Gasteiger partial charge in [-0.05, 0) is 0 Å². The Morgan fingerprint density at radius 3 is 3.00 bits per heavy atom. The zero-order valence-corrected chi connectivity index (χ0v) is 9.30. The van der Waals surface area contributed by atoms with Crippen LogP contribution in [0.4, 0.5) is 10.2 Å². The largest absolute Gasteiger partial charge is 0.393 e. The molecular formula is C8H10FN3O4S. The number of anilines is 1. The Bertz CT molecular complexity index is 482. The summed E-state index contributed by atoms with van der Waals surface area (Å²) in [5.41, 5.74) is 2.55. The molecule has 94 valence electrons. The maximum absolute atomic E-state index is 13.2. The van der Waals surface area contributed by atoms with E-state index in [2.05, 4.69) is 4.98 Å². The molecule has 2 rings (SSSR count). The fraction of sp³-hybridized carbons (Fsp3) is 0.500. The summed E-state index contributed by atoms with van der Waals surface area (Å²) in [5.74, 6) is -1.39. The van der Waals surface area contributed by atoms with Gasteiger partial charge in [0.15, 0.2) is 17.9 Å². The third-order valence-electron chi connectivity index (χ3n) is 2.18. The molecule has 0 aliphatic carbocycles. The minimum absolute atomic E-state index is 0.322. The van der Waals surface area contributed by atoms with Crippen LogP contribution < -0.4 is 11.4 Å². The van der Waals surface area contributed by atoms with E-state index in [1.807, 2.05) is 0 Å². The van der Waals surface area contributed by atoms with Gasteiger partial charge in [0, 0.05) is 0 Å². The predicted molar refractivity (Wildman–Crippen MR) is 57.5 cm³/mol. The smallest absolute Gasteiger partial charge is 0.351 e. The molecule has 1 aliphatic heterocycles. The molecule has 0 radical (unpaired) electrons. The SMILES string of the molecule is Nc1nc(=O)n([C@@H]2O[C@H](CO)SC2O)cc1F. The van der Waals surface area contributed by atoms with Crippen molar-refractivity contribution < 1.29 is 19.3 Å². The Morgan fingerprint density at radius 2 is 2.41 bits per heavy atom. The van der Waals surface area contributed by atoms with Crippen LogP contribution in [0.15, 0.2) is 11.0 Å². The summed E-state index contributed by atoms with van der Waals surface area (Å²) in [6, 6.07) is 0. The molecule has 0 bridgehead atoms. The Kier molecular flexibility index (Phi) is 3.33. The first-order valence-electron chi connectivity index (χ1n) is 4.67. The maximum atomic E-state index is 13.2. The molecule has 17 heavy (non-hydrogen) atoms. The number of thioether (sulfide) groups is 1. The molecular weight excluding hydrogens is 253 g/mol. The van der Waals surface area contributed by atoms with Gasteiger partial charge in [0.2, 0.25) is 0 Å². The molecule has 7 nitrogen and oxygen atoms in total. The summed E-state index contributed by atoms with van der Waals surface area (Å²) in [6.45, 7) is -0.322. The molecule has 1 fully saturated rings. The van der Waals surface area contributed by atoms with Gasteiger partial charge in [-0.25, -0.2) is 9.18 Å². The number of nitrogens with two attached hydrogens (primary N) is 1. The van der Waals surface area contributed by atoms with Gasteiger partial charge < -0.3 is 20.7 Å². The van der Waals surface area contributed by atoms with E-state index in [4.69, 9.17) is 15.6 Å². The lowest BCUT2D eigenvalue weighted by Crippen LogP contribution is -2.32. The first kappa shape index (κ1) is 12.3. The zero-order valence-electron chi connectivity index (χ0n) is 8.49. The minimum atomic E-state index is -1.09. The standard InChI is InChI=1S/C8H10FN3O4S/c9-3-1-12(8(15)11-5(3)10)6-7(14)17-4(2-13)16-6/h1,4,6-7,13-14H,2H2,(H2,10,11,15)/t4-,6+,7?/m0/s1. The van der Waals surface area contributed by atoms with E-state index >= 15 is 0 Å². The fourth-order valence-electron chi connectivity index (χ4n) is 1.41. The Labute approximate surface area is 99.0 Å². The van der Waals surface area contributed by atoms with Crippen LogP contribution in [0, 0.1) is 5.82 Å². The van der Waals surface area contributed by atoms with Crippen LogP contribution in [-0.2, 0) is 4.74 Å². The third-order valence-corrected chi connectivity index (χ3v) is 3.26. The van der Waals surface area contributed by atoms with Gasteiger partial charge >= 0.3 is 5.69 Å². The van der Waals surface area contributed by atoms with E-state index in [1.54, 1.807) is 0 Å². The van der Waals surface area contributed by atoms with Crippen LogP contribution in [0.5, 0.6) is 0 Å². The average Bonchev–Trinajstić information content (AvgIpc) is 2.65. The second kappa shape index (κ2) is 4.61. The summed E-state index contributed by atoms with van der Waals surface area (Å²) >= 11 is 0.929. The number of ether oxygens (including phenoxy) is 1. The first-order chi connectivity index (χ1) is 8.02. The average molecular weight is 263 g/mol. The number of halogens is 1. The molecule has 0 saturated carbocycles. The lowest BCUT2D eigenvalue weighted by molar-refractivity contribution is -0.0528. The van der Waals surface area contributed by atoms with Crippen molar-refractivity contribution in [2.45, 2.75) is 17.1 Å². The van der Waals surface area contributed by atoms with Crippen molar-refractivity contribution >= 4 is 17.6 Å². The quantitative estimate of drug-likeness (QED) is 0.618. The Balaban J connectivity index is 2.35. The van der Waals surface area contributed by atoms with Crippen LogP contribution in [0.2, 0.25) is 0 Å². The maximum Gasteiger partial charge on any atom is 0.351 e. The predicted octanol–water partition coefficient (Wildman–Crippen LogP) is -1.14. The summed E-state index contributed by atoms with van der Waals surface area (Å²) < 4.78 is 19.1. The number of aliphatic hydroxyl groups excluding tert-OH is 2. The van der Waals surface area contributed by atoms with E-state index in [-0.39, 0.29) is 6.61 Å². The minimum Gasteiger partial charge on any atom is -0.393 e. The van der Waals surface area contributed by atoms with Gasteiger partial charge in [-0.15, -0.1) is 0 Å². The molecule has 0 aromatic carbocycles. The van der Waals surface area contributed by atoms with Crippen molar-refractivity contribution in [2.75, 3.05) is 12.3 Å². The molecule has 1 unspecified atom stereocenters. The van der Waals surface area contributed by atoms with Crippen molar-refractivity contribution in [3.05, 3.63) is 22.5 Å². The molecule has 4 N–H and O–H groups in total. The molecule has 1 aliphatic rings. The number of nitrogens with zero attached hydrogens (tertiary/aromatic N) is 2. The van der Waals surface area contributed by atoms with Gasteiger partial charge in [-0.1, -0.05) is 11.8 Å². The van der Waals surface area contributed by atoms with E-state index in [1.165, 1.54) is 0 Å². The van der Waals surface area contributed by atoms with E-state index in [0.29, 0.717) is 0 Å². The fourth-order valence-corrected chi connectivity index (χ4v) is 2.31. The van der Waals surface area contributed by atoms with Crippen molar-refractivity contribution in [2.24, 2.45) is 0 Å². The Morgan fingerprint density at radius 1 is 1.71 bits per heavy atom. The highest BCUT2D eigenvalue weighted by atomic mass is 32.2. The van der Waals surface area contributed by atoms with Gasteiger partial charge in [-0.3, -0.25) is 4.57 Å². The van der Waals surface area contributed by atoms with E-state index in [0.717, 1.165) is 22.5 Å². The van der Waals surface area contributed by atoms with Crippen LogP contribution in [0.25, 0.3) is 0 Å². The highest BCUT2D eigenvalue weighted by molar-refractivity contribution is 8.00. The summed E-state index contributed by atoms with van der Waals surface area (Å²) in [4.78, 5) is 14.7. The second-order valence-corrected chi connectivity index (χ2v) is 4.61. The lowest BCUT2D eigenvalue weighted by atomic mass is 10.5. The van der Waals surface area contributed by atoms with Crippen LogP contribution >= 0.6 is 11.8 Å². The molecule has 2 heterocycles. The third kappa shape index (κ3) is 2.27. The highest BCUT2D eigenvalue weighted by Gasteiger charge is 2.36. The summed E-state index contributed by atoms with van der Waals surface area (Å²) in [6.07, 6.45) is -0.272. The lowest BCUT2D eigenvalue weighted by Gasteiger charge is -2.15. The van der Waals surface area contributed by atoms with Crippen LogP contribution in [0.3, 0.4) is 0 Å². The second-order valence-electron chi connectivity index (χ2n) is 3.33. The van der Waals surface area contributed by atoms with Gasteiger partial charge in [0.25, 0.3) is 0 Å². The topological polar surface area (TPSA) is 111 Å². The van der Waals surface area contributed by atoms with Gasteiger partial charge in [0.1, 0.15) is 10.9 Å². The number of aromatic nitrogens is 2. The zero-order chi connectivity index (χ0) is 12.6. The molecule has 1 aromatic rings. The molecule has 9 heteroatoms. The highest BCUT2D eigenvalue weighted by Crippen LogP contribution is 2.36. The van der Waals surface area contributed by atoms with Crippen LogP contribution in [0.1, 0.15) is 6.23 Å². The van der Waals surface area contributed by atoms with Gasteiger partial charge in [-0.2, -0.15) is 4.98 Å². The normalized spacial score (nSPS) is 28.5. The number of hydrogen-bond donors (Lipinski definition) is 3. The van der Waals surface area contributed by atoms with E-state index in [9.17, 15) is 14.3 Å². The number of nitrogen functional groups attached to an aromatic ring is 1. The van der Waals surface area contributed by atoms with E-state index < -0.39 is 34.4 Å². The van der Waals surface area contributed by atoms with Gasteiger partial charge in [0.05, 0.1) is 12.8 Å². The molecule has 1 aromatic heterocycles. The summed E-state index contributed by atoms with van der Waals surface area (Å²) in [5, 5.41) is 18.5. The van der Waals surface area contributed by atoms with Crippen molar-refractivity contribution in [1.29, 1.82) is 0 Å². The molecule has 0 amide bonds. The first-order valence-corrected chi connectivity index (χ1v) is 5.61. The van der Waals surface area contributed by atoms with Crippen molar-refractivity contribution in [3.63, 3.8) is 0 Å². The summed E-state index contributed by atoms with van der Waals surface area (Å²) in [7, 11) is 0. The number of aliphatic hydroxyl groups is 2. The van der Waals surface area contributed by atoms with Crippen molar-refractivity contribution in [1.82, 2.24) is 9.55 Å².